The quantitative estimate of drug-likeness (QED) is 0.173. The van der Waals surface area contributed by atoms with Crippen LogP contribution in [0.1, 0.15) is 151 Å². The standard InChI is InChI=1S/C49H71N3O8/c1-27(2)37-32(53)25-49(35(54)26-51-42(59)45(7,8)52-39(55)31-14-12-13-23-50-31)22-21-47(10)28(38(37)49)15-16-34-46(9)19-18-36(44(5,6)33(46)17-20-48(34,47)11)60-41(58)30-24-29(40(56)57)43(30,3)4/h12-14,23,27-30,33-36,54H,15-22,24-26H2,1-11H3,(H,51,59)(H,52,55)(H,56,57)/t28-,29+,30-,33+,34-,35+,36+,46+,47-,48-,49+/m1/s1. The molecule has 11 heteroatoms. The lowest BCUT2D eigenvalue weighted by Gasteiger charge is -2.72. The average molecular weight is 830 g/mol. The van der Waals surface area contributed by atoms with Crippen molar-refractivity contribution in [3.05, 3.63) is 41.2 Å². The number of nitrogens with zero attached hydrogens (tertiary/aromatic N) is 1. The Morgan fingerprint density at radius 1 is 0.883 bits per heavy atom. The predicted molar refractivity (Wildman–Crippen MR) is 227 cm³/mol. The Labute approximate surface area is 357 Å². The number of carboxylic acid groups (broad SMARTS) is 1. The van der Waals surface area contributed by atoms with Gasteiger partial charge in [0.15, 0.2) is 5.78 Å². The topological polar surface area (TPSA) is 172 Å². The van der Waals surface area contributed by atoms with Gasteiger partial charge in [0.25, 0.3) is 5.91 Å². The Hall–Kier alpha value is -3.60. The number of pyridine rings is 1. The van der Waals surface area contributed by atoms with Crippen molar-refractivity contribution in [1.82, 2.24) is 15.6 Å². The Kier molecular flexibility index (Phi) is 10.9. The first kappa shape index (κ1) is 44.5. The number of amides is 2. The van der Waals surface area contributed by atoms with Crippen molar-refractivity contribution in [3.8, 4) is 0 Å². The van der Waals surface area contributed by atoms with Gasteiger partial charge in [-0.25, -0.2) is 0 Å². The van der Waals surface area contributed by atoms with E-state index in [4.69, 9.17) is 4.74 Å². The molecule has 11 nitrogen and oxygen atoms in total. The summed E-state index contributed by atoms with van der Waals surface area (Å²) < 4.78 is 6.41. The number of esters is 1. The van der Waals surface area contributed by atoms with Gasteiger partial charge < -0.3 is 25.6 Å². The van der Waals surface area contributed by atoms with E-state index in [0.717, 1.165) is 56.1 Å². The van der Waals surface area contributed by atoms with Gasteiger partial charge in [-0.15, -0.1) is 0 Å². The number of ketones is 1. The fraction of sp³-hybridized carbons (Fsp3) is 0.755. The molecule has 5 fully saturated rings. The number of aliphatic hydroxyl groups is 1. The molecule has 4 N–H and O–H groups in total. The lowest BCUT2D eigenvalue weighted by molar-refractivity contribution is -0.238. The van der Waals surface area contributed by atoms with Gasteiger partial charge in [0.1, 0.15) is 17.3 Å². The minimum atomic E-state index is -1.28. The van der Waals surface area contributed by atoms with E-state index in [0.29, 0.717) is 24.7 Å². The first-order valence-electron chi connectivity index (χ1n) is 22.7. The van der Waals surface area contributed by atoms with Crippen LogP contribution in [0.5, 0.6) is 0 Å². The molecule has 5 saturated carbocycles. The third-order valence-electron chi connectivity index (χ3n) is 18.5. The molecular formula is C49H71N3O8. The smallest absolute Gasteiger partial charge is 0.309 e. The van der Waals surface area contributed by atoms with Crippen LogP contribution >= 0.6 is 0 Å². The number of Topliss-reactive ketones (excluding diaryl/α,β-unsaturated/α-hetero) is 1. The maximum absolute atomic E-state index is 14.2. The Morgan fingerprint density at radius 2 is 1.58 bits per heavy atom. The summed E-state index contributed by atoms with van der Waals surface area (Å²) in [5.41, 5.74) is -0.898. The van der Waals surface area contributed by atoms with Gasteiger partial charge in [-0.3, -0.25) is 29.0 Å². The van der Waals surface area contributed by atoms with Gasteiger partial charge in [-0.1, -0.05) is 74.0 Å². The number of allylic oxidation sites excluding steroid dienone is 1. The number of hydrogen-bond donors (Lipinski definition) is 4. The summed E-state index contributed by atoms with van der Waals surface area (Å²) in [6, 6.07) is 5.01. The molecule has 60 heavy (non-hydrogen) atoms. The summed E-state index contributed by atoms with van der Waals surface area (Å²) in [5.74, 6) is -1.97. The first-order chi connectivity index (χ1) is 27.8. The maximum atomic E-state index is 14.2. The van der Waals surface area contributed by atoms with Gasteiger partial charge in [0, 0.05) is 30.0 Å². The molecule has 1 aromatic rings. The molecule has 330 valence electrons. The molecule has 11 atom stereocenters. The number of rotatable bonds is 10. The molecule has 0 aromatic carbocycles. The molecule has 6 aliphatic carbocycles. The zero-order valence-electron chi connectivity index (χ0n) is 38.0. The Balaban J connectivity index is 1.10. The molecule has 0 saturated heterocycles. The molecule has 0 radical (unpaired) electrons. The molecule has 1 heterocycles. The number of carbonyl (C=O) groups is 5. The van der Waals surface area contributed by atoms with Crippen molar-refractivity contribution in [2.75, 3.05) is 6.54 Å². The molecule has 0 unspecified atom stereocenters. The molecule has 0 bridgehead atoms. The first-order valence-corrected chi connectivity index (χ1v) is 22.7. The van der Waals surface area contributed by atoms with Gasteiger partial charge >= 0.3 is 11.9 Å². The summed E-state index contributed by atoms with van der Waals surface area (Å²) >= 11 is 0. The second-order valence-electron chi connectivity index (χ2n) is 22.7. The lowest BCUT2D eigenvalue weighted by atomic mass is 9.33. The highest BCUT2D eigenvalue weighted by Gasteiger charge is 2.71. The van der Waals surface area contributed by atoms with Crippen LogP contribution in [-0.2, 0) is 23.9 Å². The number of aliphatic hydroxyl groups excluding tert-OH is 1. The lowest BCUT2D eigenvalue weighted by Crippen LogP contribution is -2.66. The van der Waals surface area contributed by atoms with Crippen molar-refractivity contribution in [2.45, 2.75) is 158 Å². The second-order valence-corrected chi connectivity index (χ2v) is 22.7. The highest BCUT2D eigenvalue weighted by atomic mass is 16.5. The van der Waals surface area contributed by atoms with Gasteiger partial charge in [0.05, 0.1) is 17.9 Å². The Bertz CT molecular complexity index is 1970. The summed E-state index contributed by atoms with van der Waals surface area (Å²) in [7, 11) is 0. The van der Waals surface area contributed by atoms with Crippen LogP contribution in [0.15, 0.2) is 35.5 Å². The van der Waals surface area contributed by atoms with E-state index in [1.165, 1.54) is 6.20 Å². The predicted octanol–water partition coefficient (Wildman–Crippen LogP) is 7.71. The van der Waals surface area contributed by atoms with E-state index >= 15 is 0 Å². The molecule has 0 spiro atoms. The zero-order valence-corrected chi connectivity index (χ0v) is 38.0. The van der Waals surface area contributed by atoms with Crippen molar-refractivity contribution in [3.63, 3.8) is 0 Å². The highest BCUT2D eigenvalue weighted by Crippen LogP contribution is 2.77. The van der Waals surface area contributed by atoms with Crippen LogP contribution in [0.4, 0.5) is 0 Å². The average Bonchev–Trinajstić information content (AvgIpc) is 3.47. The van der Waals surface area contributed by atoms with E-state index in [1.807, 2.05) is 13.8 Å². The largest absolute Gasteiger partial charge is 0.481 e. The maximum Gasteiger partial charge on any atom is 0.309 e. The number of carbonyl (C=O) groups excluding carboxylic acids is 4. The number of ether oxygens (including phenoxy) is 1. The molecule has 2 amide bonds. The van der Waals surface area contributed by atoms with Crippen LogP contribution in [0.2, 0.25) is 0 Å². The van der Waals surface area contributed by atoms with Crippen molar-refractivity contribution in [2.24, 2.45) is 68.0 Å². The fourth-order valence-electron chi connectivity index (χ4n) is 14.7. The summed E-state index contributed by atoms with van der Waals surface area (Å²) in [6.45, 7) is 23.2. The number of fused-ring (bicyclic) bond motifs is 7. The van der Waals surface area contributed by atoms with E-state index in [-0.39, 0.29) is 70.0 Å². The van der Waals surface area contributed by atoms with E-state index < -0.39 is 52.1 Å². The monoisotopic (exact) mass is 830 g/mol. The van der Waals surface area contributed by atoms with Crippen LogP contribution in [0.25, 0.3) is 0 Å². The number of aliphatic carboxylic acids is 1. The van der Waals surface area contributed by atoms with Gasteiger partial charge in [-0.2, -0.15) is 0 Å². The second kappa shape index (κ2) is 14.8. The molecule has 6 aliphatic rings. The van der Waals surface area contributed by atoms with E-state index in [2.05, 4.69) is 64.1 Å². The van der Waals surface area contributed by atoms with Crippen LogP contribution in [0, 0.1) is 68.0 Å². The van der Waals surface area contributed by atoms with Crippen molar-refractivity contribution >= 4 is 29.5 Å². The molecule has 7 rings (SSSR count). The number of nitrogens with one attached hydrogen (secondary N) is 2. The number of hydrogen-bond acceptors (Lipinski definition) is 8. The minimum absolute atomic E-state index is 0.00245. The van der Waals surface area contributed by atoms with Crippen LogP contribution < -0.4 is 10.6 Å². The fourth-order valence-corrected chi connectivity index (χ4v) is 14.7. The number of aromatic nitrogens is 1. The van der Waals surface area contributed by atoms with Crippen LogP contribution in [0.3, 0.4) is 0 Å². The minimum Gasteiger partial charge on any atom is -0.481 e. The zero-order chi connectivity index (χ0) is 44.2. The Morgan fingerprint density at radius 3 is 2.20 bits per heavy atom. The third-order valence-corrected chi connectivity index (χ3v) is 18.5. The summed E-state index contributed by atoms with van der Waals surface area (Å²) in [6.07, 6.45) is 8.07. The molecule has 1 aromatic heterocycles. The summed E-state index contributed by atoms with van der Waals surface area (Å²) in [4.78, 5) is 70.3. The molecule has 0 aliphatic heterocycles. The molecular weight excluding hydrogens is 759 g/mol. The van der Waals surface area contributed by atoms with Crippen LogP contribution in [-0.4, -0.2) is 69.0 Å². The van der Waals surface area contributed by atoms with Gasteiger partial charge in [-0.05, 0) is 135 Å². The third kappa shape index (κ3) is 6.51. The van der Waals surface area contributed by atoms with E-state index in [1.54, 1.807) is 32.0 Å². The van der Waals surface area contributed by atoms with Crippen molar-refractivity contribution in [1.29, 1.82) is 0 Å². The van der Waals surface area contributed by atoms with E-state index in [9.17, 15) is 34.2 Å². The van der Waals surface area contributed by atoms with Crippen molar-refractivity contribution < 1.29 is 38.9 Å². The highest BCUT2D eigenvalue weighted by molar-refractivity contribution is 6.01. The SMILES string of the molecule is CC(C)C1=C2[C@H]3CC[C@@H]4[C@@]5(C)CC[C@H](OC(=O)[C@H]6C[C@@H](C(=O)O)C6(C)C)C(C)(C)[C@@H]5CC[C@@]4(C)[C@]3(C)CC[C@@]2([C@@H](O)CNC(=O)C(C)(C)NC(=O)c2ccccn2)CC1=O. The number of carboxylic acids is 1. The summed E-state index contributed by atoms with van der Waals surface area (Å²) in [5, 5.41) is 27.7. The normalized spacial score (nSPS) is 38.3. The van der Waals surface area contributed by atoms with Gasteiger partial charge in [0.2, 0.25) is 5.91 Å².